The zero-order chi connectivity index (χ0) is 25.8. The molecular formula is C25H27N5O7. The number of hydrogen-bond donors (Lipinski definition) is 2. The molecule has 12 nitrogen and oxygen atoms in total. The average molecular weight is 510 g/mol. The van der Waals surface area contributed by atoms with Gasteiger partial charge in [-0.1, -0.05) is 18.2 Å². The Morgan fingerprint density at radius 1 is 1.30 bits per heavy atom. The van der Waals surface area contributed by atoms with E-state index in [2.05, 4.69) is 21.4 Å². The highest BCUT2D eigenvalue weighted by molar-refractivity contribution is 5.72. The molecule has 37 heavy (non-hydrogen) atoms. The van der Waals surface area contributed by atoms with Crippen molar-refractivity contribution in [2.45, 2.75) is 31.6 Å². The number of allylic oxidation sites excluding steroid dienone is 4. The molecule has 1 saturated heterocycles. The number of hydrogen-bond acceptors (Lipinski definition) is 10. The number of fused-ring (bicyclic) bond motifs is 1. The van der Waals surface area contributed by atoms with Crippen molar-refractivity contribution in [3.63, 3.8) is 0 Å². The van der Waals surface area contributed by atoms with Crippen molar-refractivity contribution in [2.75, 3.05) is 26.7 Å². The van der Waals surface area contributed by atoms with Gasteiger partial charge in [0, 0.05) is 19.2 Å². The van der Waals surface area contributed by atoms with E-state index < -0.39 is 18.3 Å². The lowest BCUT2D eigenvalue weighted by Gasteiger charge is -2.23. The quantitative estimate of drug-likeness (QED) is 0.512. The number of aliphatic hydroxyl groups is 1. The first kappa shape index (κ1) is 24.5. The molecule has 5 rings (SSSR count). The predicted molar refractivity (Wildman–Crippen MR) is 131 cm³/mol. The van der Waals surface area contributed by atoms with Gasteiger partial charge in [0.1, 0.15) is 17.9 Å². The summed E-state index contributed by atoms with van der Waals surface area (Å²) in [5.41, 5.74) is 1.44. The summed E-state index contributed by atoms with van der Waals surface area (Å²) in [6.45, 7) is 0.705. The van der Waals surface area contributed by atoms with Crippen LogP contribution in [0.2, 0.25) is 0 Å². The molecule has 0 radical (unpaired) electrons. The summed E-state index contributed by atoms with van der Waals surface area (Å²) >= 11 is 0. The van der Waals surface area contributed by atoms with E-state index in [0.717, 1.165) is 18.4 Å². The molecule has 1 fully saturated rings. The van der Waals surface area contributed by atoms with Gasteiger partial charge in [0.25, 0.3) is 5.56 Å². The third-order valence-electron chi connectivity index (χ3n) is 6.05. The molecule has 1 aliphatic carbocycles. The normalized spacial score (nSPS) is 19.9. The number of amides is 1. The van der Waals surface area contributed by atoms with Gasteiger partial charge in [-0.15, -0.1) is 0 Å². The summed E-state index contributed by atoms with van der Waals surface area (Å²) in [5.74, 6) is 1.16. The molecule has 2 N–H and O–H groups in total. The Bertz CT molecular complexity index is 1360. The van der Waals surface area contributed by atoms with Gasteiger partial charge in [-0.3, -0.25) is 9.36 Å². The average Bonchev–Trinajstić information content (AvgIpc) is 3.30. The summed E-state index contributed by atoms with van der Waals surface area (Å²) in [7, 11) is 1.48. The van der Waals surface area contributed by atoms with E-state index in [1.54, 1.807) is 12.1 Å². The van der Waals surface area contributed by atoms with Crippen LogP contribution in [0.25, 0.3) is 11.2 Å². The van der Waals surface area contributed by atoms with Gasteiger partial charge in [-0.2, -0.15) is 4.98 Å². The second kappa shape index (κ2) is 10.8. The Kier molecular flexibility index (Phi) is 7.19. The number of ether oxygens (including phenoxy) is 4. The number of rotatable bonds is 9. The van der Waals surface area contributed by atoms with E-state index >= 15 is 0 Å². The minimum absolute atomic E-state index is 0.000182. The van der Waals surface area contributed by atoms with Crippen LogP contribution in [0, 0.1) is 0 Å². The van der Waals surface area contributed by atoms with Gasteiger partial charge in [0.2, 0.25) is 11.8 Å². The highest BCUT2D eigenvalue weighted by atomic mass is 16.6. The molecule has 2 atom stereocenters. The van der Waals surface area contributed by atoms with Crippen molar-refractivity contribution in [3.05, 3.63) is 76.7 Å². The van der Waals surface area contributed by atoms with Crippen LogP contribution in [-0.4, -0.2) is 69.6 Å². The molecule has 2 aliphatic heterocycles. The molecule has 0 aromatic carbocycles. The maximum atomic E-state index is 12.5. The summed E-state index contributed by atoms with van der Waals surface area (Å²) < 4.78 is 23.3. The zero-order valence-corrected chi connectivity index (χ0v) is 20.2. The molecule has 2 aromatic heterocycles. The van der Waals surface area contributed by atoms with Crippen LogP contribution in [0.1, 0.15) is 12.8 Å². The largest absolute Gasteiger partial charge is 0.481 e. The Labute approximate surface area is 212 Å². The minimum Gasteiger partial charge on any atom is -0.481 e. The summed E-state index contributed by atoms with van der Waals surface area (Å²) in [4.78, 5) is 34.6. The van der Waals surface area contributed by atoms with Crippen molar-refractivity contribution in [1.29, 1.82) is 0 Å². The second-order valence-electron chi connectivity index (χ2n) is 8.67. The van der Waals surface area contributed by atoms with Crippen molar-refractivity contribution < 1.29 is 28.8 Å². The smallest absolute Gasteiger partial charge is 0.417 e. The molecule has 3 aliphatic rings. The van der Waals surface area contributed by atoms with Crippen LogP contribution >= 0.6 is 0 Å². The topological polar surface area (TPSA) is 137 Å². The molecule has 4 heterocycles. The van der Waals surface area contributed by atoms with Crippen molar-refractivity contribution in [2.24, 2.45) is 0 Å². The van der Waals surface area contributed by atoms with E-state index in [0.29, 0.717) is 29.3 Å². The second-order valence-corrected chi connectivity index (χ2v) is 8.67. The van der Waals surface area contributed by atoms with Gasteiger partial charge in [0.05, 0.1) is 32.5 Å². The van der Waals surface area contributed by atoms with E-state index in [1.165, 1.54) is 35.3 Å². The molecule has 0 saturated carbocycles. The molecule has 0 bridgehead atoms. The number of pyridine rings is 1. The van der Waals surface area contributed by atoms with Crippen LogP contribution in [0.15, 0.2) is 71.1 Å². The fourth-order valence-corrected chi connectivity index (χ4v) is 4.19. The maximum Gasteiger partial charge on any atom is 0.417 e. The Morgan fingerprint density at radius 3 is 3.00 bits per heavy atom. The first-order valence-electron chi connectivity index (χ1n) is 11.9. The lowest BCUT2D eigenvalue weighted by atomic mass is 10.0. The maximum absolute atomic E-state index is 12.5. The van der Waals surface area contributed by atoms with E-state index in [-0.39, 0.29) is 31.1 Å². The number of nitrogens with zero attached hydrogens (tertiary/aromatic N) is 4. The van der Waals surface area contributed by atoms with Crippen LogP contribution in [0.5, 0.6) is 5.88 Å². The number of nitrogens with one attached hydrogen (secondary N) is 1. The molecule has 12 heteroatoms. The fourth-order valence-electron chi connectivity index (χ4n) is 4.19. The van der Waals surface area contributed by atoms with Gasteiger partial charge in [-0.25, -0.2) is 14.7 Å². The molecule has 0 spiro atoms. The van der Waals surface area contributed by atoms with E-state index in [1.807, 2.05) is 12.2 Å². The first-order valence-corrected chi connectivity index (χ1v) is 11.9. The number of cyclic esters (lactones) is 1. The van der Waals surface area contributed by atoms with Gasteiger partial charge in [0.15, 0.2) is 17.7 Å². The summed E-state index contributed by atoms with van der Waals surface area (Å²) in [5, 5.41) is 13.7. The van der Waals surface area contributed by atoms with E-state index in [4.69, 9.17) is 18.9 Å². The highest BCUT2D eigenvalue weighted by Crippen LogP contribution is 2.29. The van der Waals surface area contributed by atoms with Crippen LogP contribution < -0.4 is 15.6 Å². The van der Waals surface area contributed by atoms with E-state index in [9.17, 15) is 14.7 Å². The standard InChI is InChI=1S/C25H27N5O7/c1-34-21-8-7-19-24(28-21)29(22(32)11-27-19)12-17(31)9-26-10-18-13-30(25(33)36-18)23-15-35-14-20(37-23)16-5-3-2-4-6-16/h2-3,5,7-8,11,14-15,17-18,26,31H,4,6,9-10,12-13H2,1H3/t17-,18+/m0/s1. The minimum atomic E-state index is -0.909. The number of carbonyl (C=O) groups is 1. The predicted octanol–water partition coefficient (Wildman–Crippen LogP) is 1.53. The van der Waals surface area contributed by atoms with Crippen molar-refractivity contribution >= 4 is 17.3 Å². The Balaban J connectivity index is 1.14. The Morgan fingerprint density at radius 2 is 2.19 bits per heavy atom. The highest BCUT2D eigenvalue weighted by Gasteiger charge is 2.36. The molecule has 2 aromatic rings. The lowest BCUT2D eigenvalue weighted by Crippen LogP contribution is -2.38. The summed E-state index contributed by atoms with van der Waals surface area (Å²) in [6.07, 6.45) is 9.87. The van der Waals surface area contributed by atoms with Crippen molar-refractivity contribution in [1.82, 2.24) is 24.8 Å². The number of methoxy groups -OCH3 is 1. The third-order valence-corrected chi connectivity index (χ3v) is 6.05. The lowest BCUT2D eigenvalue weighted by molar-refractivity contribution is 0.115. The van der Waals surface area contributed by atoms with Crippen molar-refractivity contribution in [3.8, 4) is 5.88 Å². The summed E-state index contributed by atoms with van der Waals surface area (Å²) in [6, 6.07) is 3.34. The van der Waals surface area contributed by atoms with Gasteiger partial charge in [-0.05, 0) is 24.5 Å². The van der Waals surface area contributed by atoms with Crippen LogP contribution in [0.3, 0.4) is 0 Å². The molecule has 1 amide bonds. The molecule has 0 unspecified atom stereocenters. The molecular weight excluding hydrogens is 482 g/mol. The SMILES string of the molecule is COc1ccc2ncc(=O)n(C[C@@H](O)CNC[C@@H]3CN(C4=COC=C(C5=CC=CCC5)O4)C(=O)O3)c2n1. The zero-order valence-electron chi connectivity index (χ0n) is 20.2. The monoisotopic (exact) mass is 509 g/mol. The van der Waals surface area contributed by atoms with Gasteiger partial charge < -0.3 is 29.4 Å². The number of carbonyl (C=O) groups excluding carboxylic acids is 1. The van der Waals surface area contributed by atoms with Crippen LogP contribution in [0.4, 0.5) is 4.79 Å². The van der Waals surface area contributed by atoms with Crippen LogP contribution in [-0.2, 0) is 20.8 Å². The molecule has 194 valence electrons. The first-order chi connectivity index (χ1) is 18.0. The van der Waals surface area contributed by atoms with Gasteiger partial charge >= 0.3 is 6.09 Å². The Hall–Kier alpha value is -4.16. The number of aromatic nitrogens is 3. The number of aliphatic hydroxyl groups excluding tert-OH is 1. The third kappa shape index (κ3) is 5.49. The fraction of sp³-hybridized carbons (Fsp3) is 0.360.